The quantitative estimate of drug-likeness (QED) is 0.869. The van der Waals surface area contributed by atoms with Crippen LogP contribution in [0.1, 0.15) is 51.3 Å². The van der Waals surface area contributed by atoms with E-state index in [0.29, 0.717) is 18.5 Å². The first-order valence-electron chi connectivity index (χ1n) is 7.03. The van der Waals surface area contributed by atoms with Crippen LogP contribution in [0.5, 0.6) is 5.88 Å². The molecule has 1 aliphatic rings. The van der Waals surface area contributed by atoms with E-state index in [2.05, 4.69) is 22.2 Å². The van der Waals surface area contributed by atoms with E-state index < -0.39 is 0 Å². The van der Waals surface area contributed by atoms with Crippen molar-refractivity contribution in [1.29, 1.82) is 0 Å². The van der Waals surface area contributed by atoms with Crippen molar-refractivity contribution < 1.29 is 4.74 Å². The first-order chi connectivity index (χ1) is 8.78. The molecule has 4 nitrogen and oxygen atoms in total. The Morgan fingerprint density at radius 3 is 2.78 bits per heavy atom. The van der Waals surface area contributed by atoms with Crippen LogP contribution in [0.25, 0.3) is 0 Å². The number of hydrogen-bond acceptors (Lipinski definition) is 4. The standard InChI is InChI=1S/C14H23N3O/c1-3-9-18-14-10-13(15-11(2)16-14)17-12-7-5-4-6-8-12/h10,12H,3-9H2,1-2H3,(H,15,16,17). The van der Waals surface area contributed by atoms with Gasteiger partial charge in [-0.25, -0.2) is 4.98 Å². The highest BCUT2D eigenvalue weighted by Crippen LogP contribution is 2.22. The molecule has 1 aliphatic carbocycles. The van der Waals surface area contributed by atoms with E-state index in [4.69, 9.17) is 4.74 Å². The van der Waals surface area contributed by atoms with Gasteiger partial charge >= 0.3 is 0 Å². The summed E-state index contributed by atoms with van der Waals surface area (Å²) in [6.07, 6.45) is 7.49. The first kappa shape index (κ1) is 13.1. The van der Waals surface area contributed by atoms with Crippen molar-refractivity contribution in [3.05, 3.63) is 11.9 Å². The molecule has 0 aliphatic heterocycles. The van der Waals surface area contributed by atoms with E-state index in [-0.39, 0.29) is 0 Å². The Morgan fingerprint density at radius 1 is 1.28 bits per heavy atom. The molecule has 18 heavy (non-hydrogen) atoms. The molecule has 0 unspecified atom stereocenters. The lowest BCUT2D eigenvalue weighted by atomic mass is 9.95. The topological polar surface area (TPSA) is 47.0 Å². The predicted molar refractivity (Wildman–Crippen MR) is 73.1 cm³/mol. The van der Waals surface area contributed by atoms with E-state index in [1.165, 1.54) is 32.1 Å². The molecule has 1 aromatic heterocycles. The highest BCUT2D eigenvalue weighted by Gasteiger charge is 2.14. The molecule has 1 N–H and O–H groups in total. The molecule has 1 aromatic rings. The number of hydrogen-bond donors (Lipinski definition) is 1. The number of nitrogens with zero attached hydrogens (tertiary/aromatic N) is 2. The van der Waals surface area contributed by atoms with Crippen LogP contribution in [0.4, 0.5) is 5.82 Å². The van der Waals surface area contributed by atoms with Crippen LogP contribution in [-0.4, -0.2) is 22.6 Å². The minimum Gasteiger partial charge on any atom is -0.478 e. The molecule has 0 saturated heterocycles. The molecular weight excluding hydrogens is 226 g/mol. The number of rotatable bonds is 5. The van der Waals surface area contributed by atoms with Crippen LogP contribution in [0.15, 0.2) is 6.07 Å². The second kappa shape index (κ2) is 6.57. The van der Waals surface area contributed by atoms with Crippen molar-refractivity contribution in [3.63, 3.8) is 0 Å². The molecule has 0 atom stereocenters. The van der Waals surface area contributed by atoms with Crippen LogP contribution in [0.2, 0.25) is 0 Å². The van der Waals surface area contributed by atoms with Gasteiger partial charge in [-0.1, -0.05) is 26.2 Å². The summed E-state index contributed by atoms with van der Waals surface area (Å²) in [6, 6.07) is 2.48. The van der Waals surface area contributed by atoms with Crippen LogP contribution in [0.3, 0.4) is 0 Å². The summed E-state index contributed by atoms with van der Waals surface area (Å²) in [4.78, 5) is 8.72. The van der Waals surface area contributed by atoms with Gasteiger partial charge in [0, 0.05) is 12.1 Å². The summed E-state index contributed by atoms with van der Waals surface area (Å²) < 4.78 is 5.57. The number of ether oxygens (including phenoxy) is 1. The number of aromatic nitrogens is 2. The third-order valence-corrected chi connectivity index (χ3v) is 3.23. The minimum atomic E-state index is 0.562. The monoisotopic (exact) mass is 249 g/mol. The predicted octanol–water partition coefficient (Wildman–Crippen LogP) is 3.32. The fourth-order valence-electron chi connectivity index (χ4n) is 2.35. The Kier molecular flexibility index (Phi) is 4.79. The molecule has 2 rings (SSSR count). The van der Waals surface area contributed by atoms with Gasteiger partial charge in [0.2, 0.25) is 5.88 Å². The van der Waals surface area contributed by atoms with Crippen LogP contribution in [0, 0.1) is 6.92 Å². The largest absolute Gasteiger partial charge is 0.478 e. The maximum Gasteiger partial charge on any atom is 0.218 e. The summed E-state index contributed by atoms with van der Waals surface area (Å²) in [7, 11) is 0. The molecule has 0 bridgehead atoms. The van der Waals surface area contributed by atoms with Gasteiger partial charge in [0.1, 0.15) is 11.6 Å². The molecule has 0 aromatic carbocycles. The molecule has 0 radical (unpaired) electrons. The van der Waals surface area contributed by atoms with Crippen molar-refractivity contribution in [2.24, 2.45) is 0 Å². The fraction of sp³-hybridized carbons (Fsp3) is 0.714. The fourth-order valence-corrected chi connectivity index (χ4v) is 2.35. The van der Waals surface area contributed by atoms with Gasteiger partial charge in [0.15, 0.2) is 0 Å². The third-order valence-electron chi connectivity index (χ3n) is 3.23. The van der Waals surface area contributed by atoms with E-state index in [1.54, 1.807) is 0 Å². The molecular formula is C14H23N3O. The van der Waals surface area contributed by atoms with E-state index >= 15 is 0 Å². The SMILES string of the molecule is CCCOc1cc(NC2CCCCC2)nc(C)n1. The molecule has 1 heterocycles. The zero-order chi connectivity index (χ0) is 12.8. The maximum atomic E-state index is 5.57. The zero-order valence-corrected chi connectivity index (χ0v) is 11.4. The summed E-state index contributed by atoms with van der Waals surface area (Å²) in [5.41, 5.74) is 0. The summed E-state index contributed by atoms with van der Waals surface area (Å²) >= 11 is 0. The Bertz CT molecular complexity index is 375. The van der Waals surface area contributed by atoms with Gasteiger partial charge in [-0.15, -0.1) is 0 Å². The molecule has 1 fully saturated rings. The number of nitrogens with one attached hydrogen (secondary N) is 1. The lowest BCUT2D eigenvalue weighted by molar-refractivity contribution is 0.304. The zero-order valence-electron chi connectivity index (χ0n) is 11.4. The average molecular weight is 249 g/mol. The first-order valence-corrected chi connectivity index (χ1v) is 7.03. The van der Waals surface area contributed by atoms with Gasteiger partial charge in [-0.05, 0) is 26.2 Å². The van der Waals surface area contributed by atoms with Crippen molar-refractivity contribution in [1.82, 2.24) is 9.97 Å². The summed E-state index contributed by atoms with van der Waals surface area (Å²) in [5.74, 6) is 2.35. The average Bonchev–Trinajstić information content (AvgIpc) is 2.37. The Morgan fingerprint density at radius 2 is 2.06 bits per heavy atom. The third kappa shape index (κ3) is 3.86. The van der Waals surface area contributed by atoms with Crippen molar-refractivity contribution >= 4 is 5.82 Å². The second-order valence-electron chi connectivity index (χ2n) is 4.97. The van der Waals surface area contributed by atoms with Crippen LogP contribution < -0.4 is 10.1 Å². The van der Waals surface area contributed by atoms with E-state index in [0.717, 1.165) is 18.1 Å². The van der Waals surface area contributed by atoms with Gasteiger partial charge in [0.25, 0.3) is 0 Å². The molecule has 0 amide bonds. The van der Waals surface area contributed by atoms with Crippen molar-refractivity contribution in [2.75, 3.05) is 11.9 Å². The number of anilines is 1. The Balaban J connectivity index is 1.99. The Hall–Kier alpha value is -1.32. The van der Waals surface area contributed by atoms with Gasteiger partial charge in [-0.2, -0.15) is 4.98 Å². The summed E-state index contributed by atoms with van der Waals surface area (Å²) in [6.45, 7) is 4.71. The van der Waals surface area contributed by atoms with E-state index in [9.17, 15) is 0 Å². The van der Waals surface area contributed by atoms with Gasteiger partial charge in [-0.3, -0.25) is 0 Å². The molecule has 100 valence electrons. The van der Waals surface area contributed by atoms with Crippen LogP contribution in [-0.2, 0) is 0 Å². The molecule has 1 saturated carbocycles. The maximum absolute atomic E-state index is 5.57. The summed E-state index contributed by atoms with van der Waals surface area (Å²) in [5, 5.41) is 3.51. The Labute approximate surface area is 109 Å². The highest BCUT2D eigenvalue weighted by molar-refractivity contribution is 5.39. The highest BCUT2D eigenvalue weighted by atomic mass is 16.5. The van der Waals surface area contributed by atoms with E-state index in [1.807, 2.05) is 13.0 Å². The molecule has 4 heteroatoms. The van der Waals surface area contributed by atoms with Gasteiger partial charge in [0.05, 0.1) is 6.61 Å². The molecule has 0 spiro atoms. The van der Waals surface area contributed by atoms with Crippen LogP contribution >= 0.6 is 0 Å². The van der Waals surface area contributed by atoms with Crippen molar-refractivity contribution in [2.45, 2.75) is 58.4 Å². The smallest absolute Gasteiger partial charge is 0.218 e. The van der Waals surface area contributed by atoms with Gasteiger partial charge < -0.3 is 10.1 Å². The normalized spacial score (nSPS) is 16.6. The van der Waals surface area contributed by atoms with Crippen molar-refractivity contribution in [3.8, 4) is 5.88 Å². The lowest BCUT2D eigenvalue weighted by Crippen LogP contribution is -2.23. The minimum absolute atomic E-state index is 0.562. The lowest BCUT2D eigenvalue weighted by Gasteiger charge is -2.23. The second-order valence-corrected chi connectivity index (χ2v) is 4.97. The number of aryl methyl sites for hydroxylation is 1.